The predicted molar refractivity (Wildman–Crippen MR) is 142 cm³/mol. The fourth-order valence-electron chi connectivity index (χ4n) is 3.66. The number of aryl methyl sites for hydroxylation is 1. The number of nitrogens with one attached hydrogen (secondary N) is 2. The average Bonchev–Trinajstić information content (AvgIpc) is 2.89. The molecule has 0 fully saturated rings. The molecule has 0 radical (unpaired) electrons. The predicted octanol–water partition coefficient (Wildman–Crippen LogP) is 5.33. The van der Waals surface area contributed by atoms with Gasteiger partial charge in [0.15, 0.2) is 0 Å². The standard InChI is InChI=1S/C25H20Cl2FN5O4/c1-5-18(34)30-15-8-6-7-14(28)22(15)31-25-29-11-12-9-13(24(35)33(2)23(12)32-25)19-20(26)16(36-3)10-17(37-4)21(19)27/h5-11H,1H2,2-4H3,(H,30,34)(H,29,31,32). The van der Waals surface area contributed by atoms with Gasteiger partial charge in [-0.3, -0.25) is 14.2 Å². The van der Waals surface area contributed by atoms with Gasteiger partial charge in [-0.05, 0) is 24.3 Å². The van der Waals surface area contributed by atoms with Crippen LogP contribution < -0.4 is 25.7 Å². The summed E-state index contributed by atoms with van der Waals surface area (Å²) in [7, 11) is 4.38. The Hall–Kier alpha value is -4.15. The molecule has 0 saturated carbocycles. The number of anilines is 3. The number of fused-ring (bicyclic) bond motifs is 1. The molecule has 0 atom stereocenters. The molecule has 0 bridgehead atoms. The number of nitrogens with zero attached hydrogens (tertiary/aromatic N) is 3. The van der Waals surface area contributed by atoms with Crippen LogP contribution >= 0.6 is 23.2 Å². The van der Waals surface area contributed by atoms with Crippen LogP contribution in [0.15, 0.2) is 54.0 Å². The maximum absolute atomic E-state index is 14.6. The fraction of sp³-hybridized carbons (Fsp3) is 0.120. The van der Waals surface area contributed by atoms with Gasteiger partial charge in [0.1, 0.15) is 28.7 Å². The molecule has 1 amide bonds. The van der Waals surface area contributed by atoms with Crippen molar-refractivity contribution in [2.24, 2.45) is 7.05 Å². The minimum Gasteiger partial charge on any atom is -0.495 e. The highest BCUT2D eigenvalue weighted by Gasteiger charge is 2.23. The molecule has 2 heterocycles. The largest absolute Gasteiger partial charge is 0.495 e. The van der Waals surface area contributed by atoms with Crippen molar-refractivity contribution in [3.05, 3.63) is 75.4 Å². The second-order valence-electron chi connectivity index (χ2n) is 7.66. The molecule has 4 aromatic rings. The van der Waals surface area contributed by atoms with Crippen molar-refractivity contribution in [2.75, 3.05) is 24.9 Å². The van der Waals surface area contributed by atoms with Crippen molar-refractivity contribution in [3.63, 3.8) is 0 Å². The number of carbonyl (C=O) groups is 1. The molecule has 190 valence electrons. The summed E-state index contributed by atoms with van der Waals surface area (Å²) < 4.78 is 26.5. The molecule has 0 spiro atoms. The Kier molecular flexibility index (Phi) is 7.33. The molecule has 37 heavy (non-hydrogen) atoms. The number of halogens is 3. The van der Waals surface area contributed by atoms with Crippen LogP contribution in [0.4, 0.5) is 21.7 Å². The zero-order valence-corrected chi connectivity index (χ0v) is 21.4. The van der Waals surface area contributed by atoms with Gasteiger partial charge < -0.3 is 20.1 Å². The summed E-state index contributed by atoms with van der Waals surface area (Å²) in [5.74, 6) is -0.616. The molecule has 2 N–H and O–H groups in total. The van der Waals surface area contributed by atoms with Crippen molar-refractivity contribution in [2.45, 2.75) is 0 Å². The van der Waals surface area contributed by atoms with Gasteiger partial charge >= 0.3 is 0 Å². The summed E-state index contributed by atoms with van der Waals surface area (Å²) in [5, 5.41) is 6.04. The van der Waals surface area contributed by atoms with E-state index in [0.29, 0.717) is 5.39 Å². The maximum Gasteiger partial charge on any atom is 0.259 e. The normalized spacial score (nSPS) is 10.8. The van der Waals surface area contributed by atoms with Crippen LogP contribution in [0.3, 0.4) is 0 Å². The van der Waals surface area contributed by atoms with E-state index in [2.05, 4.69) is 27.2 Å². The number of hydrogen-bond acceptors (Lipinski definition) is 7. The Morgan fingerprint density at radius 2 is 1.84 bits per heavy atom. The number of aromatic nitrogens is 3. The summed E-state index contributed by atoms with van der Waals surface area (Å²) in [4.78, 5) is 33.8. The Morgan fingerprint density at radius 1 is 1.16 bits per heavy atom. The second-order valence-corrected chi connectivity index (χ2v) is 8.42. The van der Waals surface area contributed by atoms with Crippen molar-refractivity contribution in [1.82, 2.24) is 14.5 Å². The molecule has 0 unspecified atom stereocenters. The van der Waals surface area contributed by atoms with Crippen LogP contribution in [-0.4, -0.2) is 34.7 Å². The lowest BCUT2D eigenvalue weighted by Gasteiger charge is -2.16. The maximum atomic E-state index is 14.6. The van der Waals surface area contributed by atoms with Gasteiger partial charge in [0, 0.05) is 30.3 Å². The van der Waals surface area contributed by atoms with Gasteiger partial charge in [-0.25, -0.2) is 9.37 Å². The van der Waals surface area contributed by atoms with Gasteiger partial charge in [-0.2, -0.15) is 4.98 Å². The van der Waals surface area contributed by atoms with Gasteiger partial charge in [0.25, 0.3) is 5.56 Å². The number of rotatable bonds is 7. The zero-order valence-electron chi connectivity index (χ0n) is 19.9. The van der Waals surface area contributed by atoms with Crippen molar-refractivity contribution >= 4 is 57.5 Å². The third kappa shape index (κ3) is 4.81. The zero-order chi connectivity index (χ0) is 26.9. The van der Waals surface area contributed by atoms with Crippen LogP contribution in [0.2, 0.25) is 10.0 Å². The van der Waals surface area contributed by atoms with Crippen LogP contribution in [0, 0.1) is 5.82 Å². The first-order valence-corrected chi connectivity index (χ1v) is 11.4. The average molecular weight is 544 g/mol. The highest BCUT2D eigenvalue weighted by atomic mass is 35.5. The minimum absolute atomic E-state index is 0.00596. The number of pyridine rings is 1. The first kappa shape index (κ1) is 25.9. The molecule has 4 rings (SSSR count). The lowest BCUT2D eigenvalue weighted by molar-refractivity contribution is -0.111. The van der Waals surface area contributed by atoms with Gasteiger partial charge in [0.05, 0.1) is 35.5 Å². The first-order chi connectivity index (χ1) is 17.7. The van der Waals surface area contributed by atoms with Crippen molar-refractivity contribution in [1.29, 1.82) is 0 Å². The number of amides is 1. The van der Waals surface area contributed by atoms with E-state index in [-0.39, 0.29) is 55.6 Å². The van der Waals surface area contributed by atoms with E-state index in [0.717, 1.165) is 6.08 Å². The first-order valence-electron chi connectivity index (χ1n) is 10.7. The minimum atomic E-state index is -0.647. The number of methoxy groups -OCH3 is 2. The van der Waals surface area contributed by atoms with Crippen LogP contribution in [0.1, 0.15) is 0 Å². The number of ether oxygens (including phenoxy) is 2. The van der Waals surface area contributed by atoms with E-state index in [1.807, 2.05) is 0 Å². The quantitative estimate of drug-likeness (QED) is 0.303. The Bertz CT molecular complexity index is 1600. The Balaban J connectivity index is 1.84. The van der Waals surface area contributed by atoms with Crippen LogP contribution in [0.5, 0.6) is 11.5 Å². The molecule has 12 heteroatoms. The summed E-state index contributed by atoms with van der Waals surface area (Å²) in [6, 6.07) is 7.23. The van der Waals surface area contributed by atoms with Gasteiger partial charge in [-0.1, -0.05) is 35.8 Å². The van der Waals surface area contributed by atoms with Gasteiger partial charge in [0.2, 0.25) is 11.9 Å². The molecule has 2 aromatic heterocycles. The summed E-state index contributed by atoms with van der Waals surface area (Å²) in [5.41, 5.74) is 0.311. The number of carbonyl (C=O) groups excluding carboxylic acids is 1. The highest BCUT2D eigenvalue weighted by Crippen LogP contribution is 2.45. The van der Waals surface area contributed by atoms with Crippen molar-refractivity contribution < 1.29 is 18.7 Å². The van der Waals surface area contributed by atoms with E-state index in [1.54, 1.807) is 6.07 Å². The molecule has 0 aliphatic carbocycles. The topological polar surface area (TPSA) is 107 Å². The Morgan fingerprint density at radius 3 is 2.46 bits per heavy atom. The number of para-hydroxylation sites is 1. The SMILES string of the molecule is C=CC(=O)Nc1cccc(F)c1Nc1ncc2cc(-c3c(Cl)c(OC)cc(OC)c3Cl)c(=O)n(C)c2n1. The highest BCUT2D eigenvalue weighted by molar-refractivity contribution is 6.41. The molecule has 9 nitrogen and oxygen atoms in total. The molecular weight excluding hydrogens is 524 g/mol. The monoisotopic (exact) mass is 543 g/mol. The van der Waals surface area contributed by atoms with Crippen LogP contribution in [-0.2, 0) is 11.8 Å². The summed E-state index contributed by atoms with van der Waals surface area (Å²) in [6.45, 7) is 3.39. The third-order valence-corrected chi connectivity index (χ3v) is 6.24. The van der Waals surface area contributed by atoms with Crippen molar-refractivity contribution in [3.8, 4) is 22.6 Å². The Labute approximate surface area is 220 Å². The lowest BCUT2D eigenvalue weighted by atomic mass is 10.0. The fourth-order valence-corrected chi connectivity index (χ4v) is 4.36. The van der Waals surface area contributed by atoms with E-state index in [1.165, 1.54) is 56.3 Å². The molecular formula is C25H20Cl2FN5O4. The smallest absolute Gasteiger partial charge is 0.259 e. The lowest BCUT2D eigenvalue weighted by Crippen LogP contribution is -2.20. The summed E-state index contributed by atoms with van der Waals surface area (Å²) >= 11 is 13.0. The molecule has 2 aromatic carbocycles. The molecule has 0 aliphatic heterocycles. The molecule has 0 aliphatic rings. The van der Waals surface area contributed by atoms with E-state index in [4.69, 9.17) is 32.7 Å². The summed E-state index contributed by atoms with van der Waals surface area (Å²) in [6.07, 6.45) is 2.51. The number of benzene rings is 2. The third-order valence-electron chi connectivity index (χ3n) is 5.49. The van der Waals surface area contributed by atoms with Crippen LogP contribution in [0.25, 0.3) is 22.2 Å². The number of hydrogen-bond donors (Lipinski definition) is 2. The van der Waals surface area contributed by atoms with Gasteiger partial charge in [-0.15, -0.1) is 0 Å². The second kappa shape index (κ2) is 10.5. The molecule has 0 saturated heterocycles. The van der Waals surface area contributed by atoms with E-state index < -0.39 is 17.3 Å². The van der Waals surface area contributed by atoms with E-state index in [9.17, 15) is 14.0 Å². The van der Waals surface area contributed by atoms with E-state index >= 15 is 0 Å².